The van der Waals surface area contributed by atoms with E-state index in [0.29, 0.717) is 6.61 Å². The van der Waals surface area contributed by atoms with E-state index < -0.39 is 0 Å². The molecule has 0 aliphatic heterocycles. The van der Waals surface area contributed by atoms with Crippen molar-refractivity contribution in [2.75, 3.05) is 0 Å². The first-order chi connectivity index (χ1) is 9.83. The first-order valence-corrected chi connectivity index (χ1v) is 9.14. The standard InChI is InChI=1S/C16H19Br2NOS/c1-16(2,3)19-9-11-8-12(4-6-14(11)17)20-10-13-5-7-15(18)21-13/h4-8,19H,9-10H2,1-3H3. The smallest absolute Gasteiger partial charge is 0.122 e. The molecule has 0 bridgehead atoms. The van der Waals surface area contributed by atoms with Crippen molar-refractivity contribution in [1.82, 2.24) is 5.32 Å². The Hall–Kier alpha value is -0.360. The maximum Gasteiger partial charge on any atom is 0.122 e. The molecule has 2 aromatic rings. The number of halogens is 2. The molecule has 2 nitrogen and oxygen atoms in total. The fourth-order valence-corrected chi connectivity index (χ4v) is 3.50. The van der Waals surface area contributed by atoms with Crippen molar-refractivity contribution in [3.05, 3.63) is 49.0 Å². The first kappa shape index (κ1) is 17.0. The molecule has 21 heavy (non-hydrogen) atoms. The zero-order chi connectivity index (χ0) is 15.5. The van der Waals surface area contributed by atoms with Crippen LogP contribution in [0.5, 0.6) is 5.75 Å². The number of rotatable bonds is 5. The molecule has 0 fully saturated rings. The van der Waals surface area contributed by atoms with E-state index in [1.165, 1.54) is 10.4 Å². The normalized spacial score (nSPS) is 11.7. The minimum absolute atomic E-state index is 0.0968. The molecule has 0 saturated carbocycles. The lowest BCUT2D eigenvalue weighted by atomic mass is 10.1. The van der Waals surface area contributed by atoms with E-state index in [1.54, 1.807) is 11.3 Å². The van der Waals surface area contributed by atoms with E-state index in [9.17, 15) is 0 Å². The minimum atomic E-state index is 0.0968. The van der Waals surface area contributed by atoms with Crippen LogP contribution in [0.4, 0.5) is 0 Å². The van der Waals surface area contributed by atoms with Crippen LogP contribution in [-0.2, 0) is 13.2 Å². The molecular formula is C16H19Br2NOS. The summed E-state index contributed by atoms with van der Waals surface area (Å²) in [6.45, 7) is 7.90. The summed E-state index contributed by atoms with van der Waals surface area (Å²) in [7, 11) is 0. The summed E-state index contributed by atoms with van der Waals surface area (Å²) in [5, 5.41) is 3.49. The molecule has 114 valence electrons. The van der Waals surface area contributed by atoms with Crippen molar-refractivity contribution in [3.63, 3.8) is 0 Å². The van der Waals surface area contributed by atoms with Gasteiger partial charge in [0.05, 0.1) is 3.79 Å². The molecule has 2 rings (SSSR count). The number of hydrogen-bond acceptors (Lipinski definition) is 3. The summed E-state index contributed by atoms with van der Waals surface area (Å²) in [5.74, 6) is 0.897. The predicted octanol–water partition coefficient (Wildman–Crippen LogP) is 5.74. The molecule has 0 unspecified atom stereocenters. The molecule has 0 spiro atoms. The molecule has 0 saturated heterocycles. The van der Waals surface area contributed by atoms with E-state index in [4.69, 9.17) is 4.74 Å². The summed E-state index contributed by atoms with van der Waals surface area (Å²) in [5.41, 5.74) is 1.30. The number of thiophene rings is 1. The van der Waals surface area contributed by atoms with Crippen molar-refractivity contribution in [2.24, 2.45) is 0 Å². The molecular weight excluding hydrogens is 414 g/mol. The van der Waals surface area contributed by atoms with Crippen molar-refractivity contribution in [1.29, 1.82) is 0 Å². The van der Waals surface area contributed by atoms with Gasteiger partial charge >= 0.3 is 0 Å². The number of benzene rings is 1. The predicted molar refractivity (Wildman–Crippen MR) is 97.1 cm³/mol. The molecule has 1 heterocycles. The second-order valence-electron chi connectivity index (χ2n) is 5.85. The van der Waals surface area contributed by atoms with Gasteiger partial charge in [0.1, 0.15) is 12.4 Å². The average Bonchev–Trinajstić information content (AvgIpc) is 2.81. The third-order valence-corrected chi connectivity index (χ3v) is 5.21. The Morgan fingerprint density at radius 3 is 2.52 bits per heavy atom. The van der Waals surface area contributed by atoms with E-state index in [1.807, 2.05) is 18.2 Å². The summed E-state index contributed by atoms with van der Waals surface area (Å²) >= 11 is 8.76. The van der Waals surface area contributed by atoms with Gasteiger partial charge < -0.3 is 10.1 Å². The van der Waals surface area contributed by atoms with Crippen LogP contribution in [-0.4, -0.2) is 5.54 Å². The Balaban J connectivity index is 2.00. The van der Waals surface area contributed by atoms with Gasteiger partial charge in [-0.25, -0.2) is 0 Å². The Bertz CT molecular complexity index is 605. The zero-order valence-corrected chi connectivity index (χ0v) is 16.4. The van der Waals surface area contributed by atoms with Gasteiger partial charge in [-0.15, -0.1) is 11.3 Å². The lowest BCUT2D eigenvalue weighted by Crippen LogP contribution is -2.35. The van der Waals surface area contributed by atoms with Crippen LogP contribution in [0.1, 0.15) is 31.2 Å². The van der Waals surface area contributed by atoms with Gasteiger partial charge in [-0.3, -0.25) is 0 Å². The van der Waals surface area contributed by atoms with Crippen LogP contribution in [0, 0.1) is 0 Å². The Kier molecular flexibility index (Phi) is 5.88. The third-order valence-electron chi connectivity index (χ3n) is 2.84. The van der Waals surface area contributed by atoms with Crippen LogP contribution < -0.4 is 10.1 Å². The lowest BCUT2D eigenvalue weighted by molar-refractivity contribution is 0.309. The van der Waals surface area contributed by atoms with Gasteiger partial charge in [0, 0.05) is 21.4 Å². The fraction of sp³-hybridized carbons (Fsp3) is 0.375. The average molecular weight is 433 g/mol. The van der Waals surface area contributed by atoms with Gasteiger partial charge in [-0.1, -0.05) is 15.9 Å². The lowest BCUT2D eigenvalue weighted by Gasteiger charge is -2.21. The zero-order valence-electron chi connectivity index (χ0n) is 12.4. The van der Waals surface area contributed by atoms with E-state index >= 15 is 0 Å². The minimum Gasteiger partial charge on any atom is -0.488 e. The number of hydrogen-bond donors (Lipinski definition) is 1. The Morgan fingerprint density at radius 1 is 1.14 bits per heavy atom. The second kappa shape index (κ2) is 7.27. The maximum atomic E-state index is 5.87. The van der Waals surface area contributed by atoms with Crippen molar-refractivity contribution < 1.29 is 4.74 Å². The van der Waals surface area contributed by atoms with Crippen LogP contribution in [0.25, 0.3) is 0 Å². The molecule has 1 aromatic heterocycles. The maximum absolute atomic E-state index is 5.87. The second-order valence-corrected chi connectivity index (χ2v) is 9.25. The number of nitrogens with one attached hydrogen (secondary N) is 1. The highest BCUT2D eigenvalue weighted by atomic mass is 79.9. The van der Waals surface area contributed by atoms with E-state index in [2.05, 4.69) is 70.1 Å². The fourth-order valence-electron chi connectivity index (χ4n) is 1.72. The van der Waals surface area contributed by atoms with Gasteiger partial charge in [-0.05, 0) is 72.6 Å². The molecule has 0 aliphatic rings. The monoisotopic (exact) mass is 431 g/mol. The van der Waals surface area contributed by atoms with Crippen LogP contribution >= 0.6 is 43.2 Å². The van der Waals surface area contributed by atoms with Crippen LogP contribution in [0.15, 0.2) is 38.6 Å². The molecule has 0 radical (unpaired) electrons. The highest BCUT2D eigenvalue weighted by Gasteiger charge is 2.10. The number of ether oxygens (including phenoxy) is 1. The van der Waals surface area contributed by atoms with Crippen LogP contribution in [0.2, 0.25) is 0 Å². The molecule has 0 amide bonds. The first-order valence-electron chi connectivity index (χ1n) is 6.74. The van der Waals surface area contributed by atoms with Gasteiger partial charge in [0.25, 0.3) is 0 Å². The van der Waals surface area contributed by atoms with E-state index in [0.717, 1.165) is 20.6 Å². The highest BCUT2D eigenvalue weighted by molar-refractivity contribution is 9.11. The largest absolute Gasteiger partial charge is 0.488 e. The topological polar surface area (TPSA) is 21.3 Å². The van der Waals surface area contributed by atoms with Crippen molar-refractivity contribution in [3.8, 4) is 5.75 Å². The van der Waals surface area contributed by atoms with Gasteiger partial charge in [0.15, 0.2) is 0 Å². The highest BCUT2D eigenvalue weighted by Crippen LogP contribution is 2.26. The summed E-state index contributed by atoms with van der Waals surface area (Å²) in [4.78, 5) is 1.21. The Labute approximate surface area is 147 Å². The van der Waals surface area contributed by atoms with E-state index in [-0.39, 0.29) is 5.54 Å². The molecule has 5 heteroatoms. The van der Waals surface area contributed by atoms with Crippen molar-refractivity contribution >= 4 is 43.2 Å². The molecule has 1 aromatic carbocycles. The molecule has 0 aliphatic carbocycles. The van der Waals surface area contributed by atoms with Gasteiger partial charge in [0.2, 0.25) is 0 Å². The van der Waals surface area contributed by atoms with Gasteiger partial charge in [-0.2, -0.15) is 0 Å². The SMILES string of the molecule is CC(C)(C)NCc1cc(OCc2ccc(Br)s2)ccc1Br. The molecule has 0 atom stereocenters. The quantitative estimate of drug-likeness (QED) is 0.650. The third kappa shape index (κ3) is 5.74. The summed E-state index contributed by atoms with van der Waals surface area (Å²) < 4.78 is 8.11. The summed E-state index contributed by atoms with van der Waals surface area (Å²) in [6, 6.07) is 10.2. The van der Waals surface area contributed by atoms with Crippen LogP contribution in [0.3, 0.4) is 0 Å². The Morgan fingerprint density at radius 2 is 1.90 bits per heavy atom. The summed E-state index contributed by atoms with van der Waals surface area (Å²) in [6.07, 6.45) is 0. The van der Waals surface area contributed by atoms with Crippen molar-refractivity contribution in [2.45, 2.75) is 39.5 Å². The molecule has 1 N–H and O–H groups in total.